The summed E-state index contributed by atoms with van der Waals surface area (Å²) in [7, 11) is -2.83. The highest BCUT2D eigenvalue weighted by Gasteiger charge is 2.18. The van der Waals surface area contributed by atoms with E-state index in [1.807, 2.05) is 0 Å². The summed E-state index contributed by atoms with van der Waals surface area (Å²) in [5.41, 5.74) is 0.355. The van der Waals surface area contributed by atoms with Crippen molar-refractivity contribution in [3.63, 3.8) is 0 Å². The zero-order valence-corrected chi connectivity index (χ0v) is 12.4. The van der Waals surface area contributed by atoms with Crippen LogP contribution in [0.2, 0.25) is 5.02 Å². The average molecular weight is 351 g/mol. The van der Waals surface area contributed by atoms with E-state index >= 15 is 0 Å². The molecule has 0 N–H and O–H groups in total. The molecule has 0 atom stereocenters. The molecular weight excluding hydrogens is 346 g/mol. The SMILES string of the molecule is O=[SH](=O)c1cc(Cl)c2cnn(-c3nnc(C(F)F)s3)c2c1. The molecular formula is C10H5ClF2N4O2S2. The highest BCUT2D eigenvalue weighted by atomic mass is 35.5. The number of fused-ring (bicyclic) bond motifs is 1. The Morgan fingerprint density at radius 1 is 1.29 bits per heavy atom. The molecule has 2 aromatic heterocycles. The summed E-state index contributed by atoms with van der Waals surface area (Å²) in [6, 6.07) is 2.65. The molecule has 3 rings (SSSR count). The average Bonchev–Trinajstić information content (AvgIpc) is 3.04. The highest BCUT2D eigenvalue weighted by Crippen LogP contribution is 2.30. The summed E-state index contributed by atoms with van der Waals surface area (Å²) < 4.78 is 48.5. The van der Waals surface area contributed by atoms with Crippen LogP contribution in [-0.4, -0.2) is 28.4 Å². The van der Waals surface area contributed by atoms with Crippen LogP contribution in [0, 0.1) is 0 Å². The minimum Gasteiger partial charge on any atom is -0.227 e. The smallest absolute Gasteiger partial charge is 0.227 e. The summed E-state index contributed by atoms with van der Waals surface area (Å²) in [4.78, 5) is 0.00264. The zero-order valence-electron chi connectivity index (χ0n) is 9.90. The van der Waals surface area contributed by atoms with Gasteiger partial charge in [0.25, 0.3) is 6.43 Å². The maximum atomic E-state index is 12.5. The standard InChI is InChI=1S/C10H5ClF2N4O2S2/c11-6-1-4(21(18)19)2-7-5(6)3-14-17(7)10-16-15-9(20-10)8(12)13/h1-3,8,21H. The first-order valence-electron chi connectivity index (χ1n) is 5.41. The number of alkyl halides is 2. The Morgan fingerprint density at radius 3 is 2.67 bits per heavy atom. The fraction of sp³-hybridized carbons (Fsp3) is 0.100. The van der Waals surface area contributed by atoms with Crippen LogP contribution in [-0.2, 0) is 10.7 Å². The molecule has 0 saturated heterocycles. The molecule has 21 heavy (non-hydrogen) atoms. The Bertz CT molecular complexity index is 898. The van der Waals surface area contributed by atoms with E-state index in [1.54, 1.807) is 0 Å². The molecule has 110 valence electrons. The summed E-state index contributed by atoms with van der Waals surface area (Å²) in [6.07, 6.45) is -1.32. The van der Waals surface area contributed by atoms with Gasteiger partial charge < -0.3 is 0 Å². The second-order valence-electron chi connectivity index (χ2n) is 3.90. The normalized spacial score (nSPS) is 11.9. The summed E-state index contributed by atoms with van der Waals surface area (Å²) in [5, 5.41) is 11.4. The van der Waals surface area contributed by atoms with Crippen molar-refractivity contribution in [2.24, 2.45) is 0 Å². The summed E-state index contributed by atoms with van der Waals surface area (Å²) in [6.45, 7) is 0. The van der Waals surface area contributed by atoms with Gasteiger partial charge in [0.05, 0.1) is 21.6 Å². The first-order chi connectivity index (χ1) is 9.97. The molecule has 11 heteroatoms. The van der Waals surface area contributed by atoms with Gasteiger partial charge in [-0.15, -0.1) is 10.2 Å². The Kier molecular flexibility index (Phi) is 3.59. The van der Waals surface area contributed by atoms with Gasteiger partial charge in [-0.25, -0.2) is 21.9 Å². The molecule has 0 aliphatic heterocycles. The lowest BCUT2D eigenvalue weighted by Gasteiger charge is -2.00. The van der Waals surface area contributed by atoms with Gasteiger partial charge in [-0.1, -0.05) is 22.9 Å². The molecule has 0 amide bonds. The molecule has 0 saturated carbocycles. The molecule has 1 aromatic carbocycles. The molecule has 3 aromatic rings. The minimum atomic E-state index is -2.83. The van der Waals surface area contributed by atoms with E-state index in [-0.39, 0.29) is 15.0 Å². The molecule has 0 unspecified atom stereocenters. The third kappa shape index (κ3) is 2.49. The van der Waals surface area contributed by atoms with Crippen molar-refractivity contribution in [3.05, 3.63) is 28.4 Å². The van der Waals surface area contributed by atoms with E-state index in [9.17, 15) is 17.2 Å². The molecule has 0 aliphatic rings. The van der Waals surface area contributed by atoms with Crippen molar-refractivity contribution < 1.29 is 17.2 Å². The van der Waals surface area contributed by atoms with Gasteiger partial charge >= 0.3 is 0 Å². The number of hydrogen-bond acceptors (Lipinski definition) is 6. The maximum absolute atomic E-state index is 12.5. The first kappa shape index (κ1) is 14.3. The van der Waals surface area contributed by atoms with Crippen molar-refractivity contribution >= 4 is 44.5 Å². The first-order valence-corrected chi connectivity index (χ1v) is 7.78. The number of halogens is 3. The summed E-state index contributed by atoms with van der Waals surface area (Å²) in [5.74, 6) is 0. The minimum absolute atomic E-state index is 0.00264. The Hall–Kier alpha value is -1.65. The van der Waals surface area contributed by atoms with Gasteiger partial charge in [-0.3, -0.25) is 0 Å². The van der Waals surface area contributed by atoms with Crippen molar-refractivity contribution in [2.45, 2.75) is 11.3 Å². The number of nitrogens with zero attached hydrogens (tertiary/aromatic N) is 4. The topological polar surface area (TPSA) is 77.7 Å². The maximum Gasteiger partial charge on any atom is 0.291 e. The second-order valence-corrected chi connectivity index (χ2v) is 6.32. The number of aromatic nitrogens is 4. The van der Waals surface area contributed by atoms with Gasteiger partial charge in [-0.2, -0.15) is 5.10 Å². The van der Waals surface area contributed by atoms with E-state index in [2.05, 4.69) is 15.3 Å². The van der Waals surface area contributed by atoms with Crippen LogP contribution in [0.25, 0.3) is 16.0 Å². The molecule has 0 aliphatic carbocycles. The lowest BCUT2D eigenvalue weighted by molar-refractivity contribution is 0.150. The molecule has 0 spiro atoms. The predicted octanol–water partition coefficient (Wildman–Crippen LogP) is 2.44. The van der Waals surface area contributed by atoms with Crippen LogP contribution in [0.1, 0.15) is 11.4 Å². The van der Waals surface area contributed by atoms with Crippen molar-refractivity contribution in [2.75, 3.05) is 0 Å². The fourth-order valence-corrected chi connectivity index (χ4v) is 3.20. The Balaban J connectivity index is 2.22. The second kappa shape index (κ2) is 5.28. The van der Waals surface area contributed by atoms with Crippen molar-refractivity contribution in [1.82, 2.24) is 20.0 Å². The van der Waals surface area contributed by atoms with Gasteiger partial charge in [0, 0.05) is 5.39 Å². The lowest BCUT2D eigenvalue weighted by Crippen LogP contribution is -1.95. The van der Waals surface area contributed by atoms with Crippen molar-refractivity contribution in [3.8, 4) is 5.13 Å². The number of benzene rings is 1. The van der Waals surface area contributed by atoms with Gasteiger partial charge in [-0.05, 0) is 12.1 Å². The largest absolute Gasteiger partial charge is 0.291 e. The summed E-state index contributed by atoms with van der Waals surface area (Å²) >= 11 is 6.66. The number of hydrogen-bond donors (Lipinski definition) is 1. The van der Waals surface area contributed by atoms with Crippen LogP contribution >= 0.6 is 22.9 Å². The zero-order chi connectivity index (χ0) is 15.1. The third-order valence-corrected chi connectivity index (χ3v) is 4.53. The quantitative estimate of drug-likeness (QED) is 0.734. The van der Waals surface area contributed by atoms with Gasteiger partial charge in [0.1, 0.15) is 0 Å². The number of rotatable bonds is 3. The van der Waals surface area contributed by atoms with Crippen LogP contribution in [0.5, 0.6) is 0 Å². The van der Waals surface area contributed by atoms with Crippen LogP contribution in [0.4, 0.5) is 8.78 Å². The lowest BCUT2D eigenvalue weighted by atomic mass is 10.2. The van der Waals surface area contributed by atoms with E-state index in [1.165, 1.54) is 23.0 Å². The molecule has 6 nitrogen and oxygen atoms in total. The van der Waals surface area contributed by atoms with E-state index in [0.717, 1.165) is 0 Å². The van der Waals surface area contributed by atoms with Crippen LogP contribution < -0.4 is 0 Å². The van der Waals surface area contributed by atoms with Gasteiger partial charge in [0.15, 0.2) is 15.7 Å². The number of thiol groups is 1. The predicted molar refractivity (Wildman–Crippen MR) is 73.1 cm³/mol. The van der Waals surface area contributed by atoms with Gasteiger partial charge in [0.2, 0.25) is 5.13 Å². The van der Waals surface area contributed by atoms with E-state index in [0.29, 0.717) is 22.2 Å². The van der Waals surface area contributed by atoms with Crippen LogP contribution in [0.3, 0.4) is 0 Å². The Morgan fingerprint density at radius 2 is 2.05 bits per heavy atom. The van der Waals surface area contributed by atoms with Crippen molar-refractivity contribution in [1.29, 1.82) is 0 Å². The van der Waals surface area contributed by atoms with Crippen LogP contribution in [0.15, 0.2) is 23.2 Å². The Labute approximate surface area is 126 Å². The third-order valence-electron chi connectivity index (χ3n) is 2.63. The monoisotopic (exact) mass is 350 g/mol. The molecule has 0 radical (unpaired) electrons. The molecule has 2 heterocycles. The highest BCUT2D eigenvalue weighted by molar-refractivity contribution is 7.72. The molecule has 0 bridgehead atoms. The van der Waals surface area contributed by atoms with E-state index < -0.39 is 22.1 Å². The van der Waals surface area contributed by atoms with E-state index in [4.69, 9.17) is 11.6 Å². The molecule has 0 fully saturated rings. The fourth-order valence-electron chi connectivity index (χ4n) is 1.73.